The Morgan fingerprint density at radius 3 is 2.25 bits per heavy atom. The number of carboxylic acid groups (broad SMARTS) is 1. The van der Waals surface area contributed by atoms with Crippen LogP contribution in [0.5, 0.6) is 0 Å². The number of halogens is 2. The molecule has 0 spiro atoms. The topological polar surface area (TPSA) is 37.3 Å². The molecule has 4 heteroatoms. The van der Waals surface area contributed by atoms with E-state index >= 15 is 0 Å². The third-order valence-corrected chi connectivity index (χ3v) is 5.16. The number of hydrogen-bond donors (Lipinski definition) is 1. The molecule has 2 atom stereocenters. The summed E-state index contributed by atoms with van der Waals surface area (Å²) < 4.78 is 0. The van der Waals surface area contributed by atoms with Crippen LogP contribution in [0.1, 0.15) is 32.3 Å². The van der Waals surface area contributed by atoms with E-state index < -0.39 is 5.97 Å². The van der Waals surface area contributed by atoms with Gasteiger partial charge in [-0.3, -0.25) is 4.79 Å². The molecular weight excluding hydrogens is 295 g/mol. The molecule has 1 fully saturated rings. The molecule has 1 N–H and O–H groups in total. The van der Waals surface area contributed by atoms with E-state index in [0.717, 1.165) is 18.4 Å². The maximum atomic E-state index is 11.4. The molecule has 0 radical (unpaired) electrons. The zero-order valence-corrected chi connectivity index (χ0v) is 13.1. The first-order valence-corrected chi connectivity index (χ1v) is 7.58. The summed E-state index contributed by atoms with van der Waals surface area (Å²) >= 11 is 12.2. The van der Waals surface area contributed by atoms with Crippen molar-refractivity contribution in [3.8, 4) is 0 Å². The van der Waals surface area contributed by atoms with E-state index in [-0.39, 0.29) is 17.3 Å². The molecule has 1 aromatic rings. The molecule has 2 nitrogen and oxygen atoms in total. The van der Waals surface area contributed by atoms with Crippen molar-refractivity contribution in [3.05, 3.63) is 40.9 Å². The number of carbonyl (C=O) groups is 1. The van der Waals surface area contributed by atoms with Crippen LogP contribution in [0.2, 0.25) is 5.02 Å². The lowest BCUT2D eigenvalue weighted by Crippen LogP contribution is -2.08. The smallest absolute Gasteiger partial charge is 0.307 e. The maximum absolute atomic E-state index is 11.4. The highest BCUT2D eigenvalue weighted by molar-refractivity contribution is 6.48. The van der Waals surface area contributed by atoms with Gasteiger partial charge in [0.15, 0.2) is 0 Å². The van der Waals surface area contributed by atoms with Gasteiger partial charge in [-0.2, -0.15) is 0 Å². The Morgan fingerprint density at radius 1 is 1.30 bits per heavy atom. The third-order valence-electron chi connectivity index (χ3n) is 4.56. The number of allylic oxidation sites excluding steroid dienone is 1. The fraction of sp³-hybridized carbons (Fsp3) is 0.438. The van der Waals surface area contributed by atoms with Crippen molar-refractivity contribution in [2.45, 2.75) is 26.7 Å². The molecule has 1 aliphatic carbocycles. The molecule has 2 rings (SSSR count). The monoisotopic (exact) mass is 312 g/mol. The molecule has 0 heterocycles. The quantitative estimate of drug-likeness (QED) is 0.825. The zero-order valence-electron chi connectivity index (χ0n) is 11.6. The summed E-state index contributed by atoms with van der Waals surface area (Å²) in [6, 6.07) is 7.25. The molecular formula is C16H18Cl2O2. The first kappa shape index (κ1) is 15.4. The summed E-state index contributed by atoms with van der Waals surface area (Å²) in [5, 5.41) is 10.6. The molecule has 1 aromatic carbocycles. The van der Waals surface area contributed by atoms with Crippen molar-refractivity contribution < 1.29 is 9.90 Å². The number of rotatable bonds is 5. The molecule has 20 heavy (non-hydrogen) atoms. The van der Waals surface area contributed by atoms with Gasteiger partial charge in [0.05, 0.1) is 5.92 Å². The second kappa shape index (κ2) is 5.79. The normalized spacial score (nSPS) is 24.5. The predicted molar refractivity (Wildman–Crippen MR) is 82.9 cm³/mol. The highest BCUT2D eigenvalue weighted by Gasteiger charge is 2.64. The van der Waals surface area contributed by atoms with Gasteiger partial charge in [-0.1, -0.05) is 55.3 Å². The molecule has 1 aliphatic rings. The van der Waals surface area contributed by atoms with Crippen LogP contribution in [-0.4, -0.2) is 11.1 Å². The number of aliphatic carboxylic acids is 1. The van der Waals surface area contributed by atoms with E-state index in [0.29, 0.717) is 10.1 Å². The van der Waals surface area contributed by atoms with E-state index in [4.69, 9.17) is 23.2 Å². The van der Waals surface area contributed by atoms with E-state index in [9.17, 15) is 9.90 Å². The molecule has 2 unspecified atom stereocenters. The summed E-state index contributed by atoms with van der Waals surface area (Å²) in [7, 11) is 0. The van der Waals surface area contributed by atoms with Crippen LogP contribution in [0.3, 0.4) is 0 Å². The fourth-order valence-corrected chi connectivity index (χ4v) is 3.60. The molecule has 0 aromatic heterocycles. The Balaban J connectivity index is 2.26. The fourth-order valence-electron chi connectivity index (χ4n) is 3.21. The second-order valence-electron chi connectivity index (χ2n) is 5.30. The Labute approximate surface area is 129 Å². The summed E-state index contributed by atoms with van der Waals surface area (Å²) in [5.74, 6) is -1.03. The number of hydrogen-bond acceptors (Lipinski definition) is 1. The van der Waals surface area contributed by atoms with Gasteiger partial charge in [0, 0.05) is 10.1 Å². The minimum atomic E-state index is -0.726. The lowest BCUT2D eigenvalue weighted by molar-refractivity contribution is -0.139. The molecule has 0 saturated heterocycles. The van der Waals surface area contributed by atoms with Gasteiger partial charge in [-0.15, -0.1) is 0 Å². The summed E-state index contributed by atoms with van der Waals surface area (Å²) in [5.41, 5.74) is 0.728. The highest BCUT2D eigenvalue weighted by atomic mass is 35.5. The standard InChI is InChI=1S/C16H18Cl2O2/c1-3-16(4-2)12(14(16)15(19)20)9-13(18)10-5-7-11(17)8-6-10/h5-9,12,14H,3-4H2,1-2H3,(H,19,20). The van der Waals surface area contributed by atoms with Crippen LogP contribution in [-0.2, 0) is 4.79 Å². The van der Waals surface area contributed by atoms with Crippen LogP contribution < -0.4 is 0 Å². The Bertz CT molecular complexity index is 530. The average Bonchev–Trinajstić information content (AvgIpc) is 3.07. The van der Waals surface area contributed by atoms with Gasteiger partial charge in [0.2, 0.25) is 0 Å². The van der Waals surface area contributed by atoms with Crippen molar-refractivity contribution in [2.24, 2.45) is 17.3 Å². The molecule has 0 aliphatic heterocycles. The number of benzene rings is 1. The molecule has 0 amide bonds. The summed E-state index contributed by atoms with van der Waals surface area (Å²) in [6.07, 6.45) is 3.61. The minimum absolute atomic E-state index is 0.0122. The Morgan fingerprint density at radius 2 is 1.85 bits per heavy atom. The maximum Gasteiger partial charge on any atom is 0.307 e. The van der Waals surface area contributed by atoms with Crippen molar-refractivity contribution in [3.63, 3.8) is 0 Å². The molecule has 0 bridgehead atoms. The molecule has 1 saturated carbocycles. The van der Waals surface area contributed by atoms with Crippen LogP contribution >= 0.6 is 23.2 Å². The first-order chi connectivity index (χ1) is 9.46. The lowest BCUT2D eigenvalue weighted by atomic mass is 9.95. The van der Waals surface area contributed by atoms with E-state index in [2.05, 4.69) is 0 Å². The largest absolute Gasteiger partial charge is 0.481 e. The van der Waals surface area contributed by atoms with Crippen molar-refractivity contribution >= 4 is 34.2 Å². The van der Waals surface area contributed by atoms with Gasteiger partial charge < -0.3 is 5.11 Å². The SMILES string of the molecule is CCC1(CC)C(C=C(Cl)c2ccc(Cl)cc2)C1C(=O)O. The number of carboxylic acids is 1. The van der Waals surface area contributed by atoms with Crippen LogP contribution in [0, 0.1) is 17.3 Å². The summed E-state index contributed by atoms with van der Waals surface area (Å²) in [6.45, 7) is 4.09. The van der Waals surface area contributed by atoms with Gasteiger partial charge in [0.1, 0.15) is 0 Å². The van der Waals surface area contributed by atoms with Crippen molar-refractivity contribution in [2.75, 3.05) is 0 Å². The van der Waals surface area contributed by atoms with E-state index in [1.807, 2.05) is 32.1 Å². The molecule has 108 valence electrons. The minimum Gasteiger partial charge on any atom is -0.481 e. The van der Waals surface area contributed by atoms with Gasteiger partial charge in [-0.05, 0) is 41.9 Å². The second-order valence-corrected chi connectivity index (χ2v) is 6.15. The van der Waals surface area contributed by atoms with Crippen LogP contribution in [0.15, 0.2) is 30.3 Å². The van der Waals surface area contributed by atoms with Crippen LogP contribution in [0.25, 0.3) is 5.03 Å². The lowest BCUT2D eigenvalue weighted by Gasteiger charge is -2.10. The third kappa shape index (κ3) is 2.59. The van der Waals surface area contributed by atoms with Crippen molar-refractivity contribution in [1.29, 1.82) is 0 Å². The predicted octanol–water partition coefficient (Wildman–Crippen LogP) is 5.06. The van der Waals surface area contributed by atoms with Gasteiger partial charge in [-0.25, -0.2) is 0 Å². The Kier molecular flexibility index (Phi) is 4.46. The zero-order chi connectivity index (χ0) is 14.9. The highest BCUT2D eigenvalue weighted by Crippen LogP contribution is 2.64. The van der Waals surface area contributed by atoms with E-state index in [1.165, 1.54) is 0 Å². The van der Waals surface area contributed by atoms with Crippen molar-refractivity contribution in [1.82, 2.24) is 0 Å². The summed E-state index contributed by atoms with van der Waals surface area (Å²) in [4.78, 5) is 11.4. The average molecular weight is 313 g/mol. The Hall–Kier alpha value is -0.990. The van der Waals surface area contributed by atoms with Gasteiger partial charge >= 0.3 is 5.97 Å². The van der Waals surface area contributed by atoms with Crippen LogP contribution in [0.4, 0.5) is 0 Å². The van der Waals surface area contributed by atoms with E-state index in [1.54, 1.807) is 12.1 Å². The first-order valence-electron chi connectivity index (χ1n) is 6.82. The van der Waals surface area contributed by atoms with Gasteiger partial charge in [0.25, 0.3) is 0 Å².